The van der Waals surface area contributed by atoms with Crippen molar-refractivity contribution >= 4 is 5.69 Å². The highest BCUT2D eigenvalue weighted by atomic mass is 15.5. The van der Waals surface area contributed by atoms with Gasteiger partial charge in [-0.25, -0.2) is 4.68 Å². The standard InChI is InChI=1S/C16H25N5/c1-4-6-9-13(5-2)11-21-16(18-19-20-21)14-10-7-8-12(3)15(14)17/h7-8,10,13H,4-6,9,11,17H2,1-3H3. The molecule has 0 spiro atoms. The van der Waals surface area contributed by atoms with Gasteiger partial charge in [-0.3, -0.25) is 0 Å². The molecule has 21 heavy (non-hydrogen) atoms. The van der Waals surface area contributed by atoms with Crippen LogP contribution in [0, 0.1) is 12.8 Å². The van der Waals surface area contributed by atoms with E-state index in [0.717, 1.165) is 35.6 Å². The molecule has 5 nitrogen and oxygen atoms in total. The topological polar surface area (TPSA) is 69.6 Å². The number of nitrogens with zero attached hydrogens (tertiary/aromatic N) is 4. The fourth-order valence-electron chi connectivity index (χ4n) is 2.56. The average molecular weight is 287 g/mol. The summed E-state index contributed by atoms with van der Waals surface area (Å²) in [6, 6.07) is 5.98. The first-order chi connectivity index (χ1) is 10.2. The summed E-state index contributed by atoms with van der Waals surface area (Å²) in [6.45, 7) is 7.31. The van der Waals surface area contributed by atoms with Gasteiger partial charge < -0.3 is 5.73 Å². The van der Waals surface area contributed by atoms with Crippen molar-refractivity contribution in [2.24, 2.45) is 5.92 Å². The molecule has 5 heteroatoms. The molecule has 1 aromatic carbocycles. The number of nitrogen functional groups attached to an aromatic ring is 1. The zero-order chi connectivity index (χ0) is 15.2. The Labute approximate surface area is 126 Å². The number of benzene rings is 1. The number of anilines is 1. The van der Waals surface area contributed by atoms with Crippen LogP contribution >= 0.6 is 0 Å². The summed E-state index contributed by atoms with van der Waals surface area (Å²) >= 11 is 0. The van der Waals surface area contributed by atoms with Crippen molar-refractivity contribution < 1.29 is 0 Å². The lowest BCUT2D eigenvalue weighted by Crippen LogP contribution is -2.13. The minimum Gasteiger partial charge on any atom is -0.398 e. The summed E-state index contributed by atoms with van der Waals surface area (Å²) in [7, 11) is 0. The second kappa shape index (κ2) is 7.20. The zero-order valence-corrected chi connectivity index (χ0v) is 13.2. The number of aromatic nitrogens is 4. The second-order valence-electron chi connectivity index (χ2n) is 5.64. The summed E-state index contributed by atoms with van der Waals surface area (Å²) in [5, 5.41) is 12.2. The van der Waals surface area contributed by atoms with Gasteiger partial charge in [0.1, 0.15) is 0 Å². The first kappa shape index (κ1) is 15.5. The van der Waals surface area contributed by atoms with Crippen LogP contribution in [0.5, 0.6) is 0 Å². The Morgan fingerprint density at radius 3 is 2.81 bits per heavy atom. The summed E-state index contributed by atoms with van der Waals surface area (Å²) < 4.78 is 1.90. The molecule has 0 aliphatic carbocycles. The van der Waals surface area contributed by atoms with E-state index in [1.54, 1.807) is 0 Å². The predicted molar refractivity (Wildman–Crippen MR) is 85.7 cm³/mol. The van der Waals surface area contributed by atoms with Crippen LogP contribution < -0.4 is 5.73 Å². The van der Waals surface area contributed by atoms with E-state index < -0.39 is 0 Å². The van der Waals surface area contributed by atoms with E-state index in [1.807, 2.05) is 29.8 Å². The molecule has 0 amide bonds. The monoisotopic (exact) mass is 287 g/mol. The molecule has 0 saturated carbocycles. The highest BCUT2D eigenvalue weighted by Gasteiger charge is 2.16. The van der Waals surface area contributed by atoms with Gasteiger partial charge in [0.05, 0.1) is 0 Å². The Kier molecular flexibility index (Phi) is 5.31. The van der Waals surface area contributed by atoms with Gasteiger partial charge in [-0.2, -0.15) is 0 Å². The molecule has 1 unspecified atom stereocenters. The first-order valence-corrected chi connectivity index (χ1v) is 7.79. The Morgan fingerprint density at radius 1 is 1.29 bits per heavy atom. The van der Waals surface area contributed by atoms with Crippen molar-refractivity contribution in [2.45, 2.75) is 53.0 Å². The van der Waals surface area contributed by atoms with E-state index in [9.17, 15) is 0 Å². The minimum atomic E-state index is 0.609. The second-order valence-corrected chi connectivity index (χ2v) is 5.64. The third-order valence-electron chi connectivity index (χ3n) is 4.07. The van der Waals surface area contributed by atoms with Crippen LogP contribution in [0.15, 0.2) is 18.2 Å². The van der Waals surface area contributed by atoms with Gasteiger partial charge >= 0.3 is 0 Å². The number of hydrogen-bond donors (Lipinski definition) is 1. The lowest BCUT2D eigenvalue weighted by atomic mass is 9.99. The molecule has 0 aliphatic heterocycles. The fourth-order valence-corrected chi connectivity index (χ4v) is 2.56. The van der Waals surface area contributed by atoms with Crippen LogP contribution in [-0.4, -0.2) is 20.2 Å². The Bertz CT molecular complexity index is 576. The maximum atomic E-state index is 6.18. The molecule has 0 aliphatic rings. The molecule has 114 valence electrons. The number of nitrogens with two attached hydrogens (primary N) is 1. The SMILES string of the molecule is CCCCC(CC)Cn1nnnc1-c1cccc(C)c1N. The molecule has 0 fully saturated rings. The molecule has 1 atom stereocenters. The van der Waals surface area contributed by atoms with Gasteiger partial charge in [0.2, 0.25) is 0 Å². The smallest absolute Gasteiger partial charge is 0.184 e. The van der Waals surface area contributed by atoms with Crippen molar-refractivity contribution in [1.29, 1.82) is 0 Å². The number of para-hydroxylation sites is 1. The predicted octanol–water partition coefficient (Wildman–Crippen LogP) is 3.45. The third kappa shape index (κ3) is 3.60. The highest BCUT2D eigenvalue weighted by molar-refractivity contribution is 5.73. The normalized spacial score (nSPS) is 12.5. The molecule has 1 heterocycles. The van der Waals surface area contributed by atoms with E-state index in [-0.39, 0.29) is 0 Å². The molecule has 1 aromatic heterocycles. The Hall–Kier alpha value is -1.91. The third-order valence-corrected chi connectivity index (χ3v) is 4.07. The van der Waals surface area contributed by atoms with Crippen LogP contribution in [0.3, 0.4) is 0 Å². The molecule has 0 radical (unpaired) electrons. The van der Waals surface area contributed by atoms with Gasteiger partial charge in [0.15, 0.2) is 5.82 Å². The van der Waals surface area contributed by atoms with Crippen molar-refractivity contribution in [1.82, 2.24) is 20.2 Å². The number of unbranched alkanes of at least 4 members (excludes halogenated alkanes) is 1. The Balaban J connectivity index is 2.24. The lowest BCUT2D eigenvalue weighted by Gasteiger charge is -2.15. The van der Waals surface area contributed by atoms with Gasteiger partial charge in [-0.1, -0.05) is 45.2 Å². The van der Waals surface area contributed by atoms with Crippen LogP contribution in [-0.2, 0) is 6.54 Å². The van der Waals surface area contributed by atoms with E-state index in [4.69, 9.17) is 5.73 Å². The fraction of sp³-hybridized carbons (Fsp3) is 0.562. The number of tetrazole rings is 1. The largest absolute Gasteiger partial charge is 0.398 e. The highest BCUT2D eigenvalue weighted by Crippen LogP contribution is 2.27. The Morgan fingerprint density at radius 2 is 2.10 bits per heavy atom. The van der Waals surface area contributed by atoms with Crippen molar-refractivity contribution in [3.8, 4) is 11.4 Å². The molecule has 2 rings (SSSR count). The van der Waals surface area contributed by atoms with Gasteiger partial charge in [-0.05, 0) is 41.3 Å². The number of rotatable bonds is 7. The van der Waals surface area contributed by atoms with Crippen molar-refractivity contribution in [3.05, 3.63) is 23.8 Å². The maximum absolute atomic E-state index is 6.18. The van der Waals surface area contributed by atoms with E-state index in [0.29, 0.717) is 5.92 Å². The molecule has 2 N–H and O–H groups in total. The first-order valence-electron chi connectivity index (χ1n) is 7.79. The van der Waals surface area contributed by atoms with E-state index in [2.05, 4.69) is 29.4 Å². The van der Waals surface area contributed by atoms with E-state index in [1.165, 1.54) is 19.3 Å². The van der Waals surface area contributed by atoms with Gasteiger partial charge in [-0.15, -0.1) is 5.10 Å². The molecule has 0 bridgehead atoms. The van der Waals surface area contributed by atoms with Crippen LogP contribution in [0.25, 0.3) is 11.4 Å². The van der Waals surface area contributed by atoms with E-state index >= 15 is 0 Å². The summed E-state index contributed by atoms with van der Waals surface area (Å²) in [5.74, 6) is 1.38. The van der Waals surface area contributed by atoms with Gasteiger partial charge in [0.25, 0.3) is 0 Å². The number of hydrogen-bond acceptors (Lipinski definition) is 4. The number of aryl methyl sites for hydroxylation is 1. The molecular formula is C16H25N5. The maximum Gasteiger partial charge on any atom is 0.184 e. The summed E-state index contributed by atoms with van der Waals surface area (Å²) in [4.78, 5) is 0. The summed E-state index contributed by atoms with van der Waals surface area (Å²) in [5.41, 5.74) is 8.91. The van der Waals surface area contributed by atoms with Crippen LogP contribution in [0.4, 0.5) is 5.69 Å². The van der Waals surface area contributed by atoms with Crippen LogP contribution in [0.2, 0.25) is 0 Å². The zero-order valence-electron chi connectivity index (χ0n) is 13.2. The van der Waals surface area contributed by atoms with Crippen molar-refractivity contribution in [2.75, 3.05) is 5.73 Å². The van der Waals surface area contributed by atoms with Crippen molar-refractivity contribution in [3.63, 3.8) is 0 Å². The molecule has 2 aromatic rings. The quantitative estimate of drug-likeness (QED) is 0.792. The summed E-state index contributed by atoms with van der Waals surface area (Å²) in [6.07, 6.45) is 4.84. The average Bonchev–Trinajstić information content (AvgIpc) is 2.94. The van der Waals surface area contributed by atoms with Gasteiger partial charge in [0, 0.05) is 17.8 Å². The van der Waals surface area contributed by atoms with Crippen LogP contribution in [0.1, 0.15) is 45.1 Å². The molecular weight excluding hydrogens is 262 g/mol. The molecule has 0 saturated heterocycles. The minimum absolute atomic E-state index is 0.609. The lowest BCUT2D eigenvalue weighted by molar-refractivity contribution is 0.370.